The Bertz CT molecular complexity index is 456. The molecule has 21 heavy (non-hydrogen) atoms. The summed E-state index contributed by atoms with van der Waals surface area (Å²) in [5.74, 6) is 1.79. The van der Waals surface area contributed by atoms with Gasteiger partial charge in [-0.15, -0.1) is 0 Å². The molecule has 0 spiro atoms. The van der Waals surface area contributed by atoms with Crippen LogP contribution < -0.4 is 14.8 Å². The van der Waals surface area contributed by atoms with Gasteiger partial charge in [-0.2, -0.15) is 0 Å². The molecule has 0 saturated carbocycles. The Balaban J connectivity index is 1.65. The first-order chi connectivity index (χ1) is 10.3. The molecule has 0 aliphatic carbocycles. The van der Waals surface area contributed by atoms with Crippen molar-refractivity contribution < 1.29 is 9.47 Å². The lowest BCUT2D eigenvalue weighted by atomic mass is 10.1. The highest BCUT2D eigenvalue weighted by molar-refractivity contribution is 5.43. The van der Waals surface area contributed by atoms with Gasteiger partial charge in [-0.1, -0.05) is 6.07 Å². The summed E-state index contributed by atoms with van der Waals surface area (Å²) in [5, 5.41) is 3.48. The van der Waals surface area contributed by atoms with Crippen molar-refractivity contribution in [3.8, 4) is 11.5 Å². The maximum absolute atomic E-state index is 5.78. The van der Waals surface area contributed by atoms with Crippen LogP contribution in [0.5, 0.6) is 11.5 Å². The molecular formula is C17H26N2O2. The maximum atomic E-state index is 5.78. The molecule has 1 saturated heterocycles. The minimum Gasteiger partial charge on any atom is -0.490 e. The molecule has 4 nitrogen and oxygen atoms in total. The molecule has 1 N–H and O–H groups in total. The monoisotopic (exact) mass is 290 g/mol. The molecule has 4 heteroatoms. The summed E-state index contributed by atoms with van der Waals surface area (Å²) in [7, 11) is 2.24. The third-order valence-electron chi connectivity index (χ3n) is 4.41. The first kappa shape index (κ1) is 14.7. The molecule has 1 fully saturated rings. The molecule has 1 atom stereocenters. The van der Waals surface area contributed by atoms with E-state index in [1.54, 1.807) is 0 Å². The van der Waals surface area contributed by atoms with E-state index in [-0.39, 0.29) is 0 Å². The largest absolute Gasteiger partial charge is 0.490 e. The molecule has 2 aliphatic heterocycles. The number of hydrogen-bond donors (Lipinski definition) is 1. The number of nitrogens with zero attached hydrogens (tertiary/aromatic N) is 1. The van der Waals surface area contributed by atoms with Crippen LogP contribution in [0.15, 0.2) is 18.2 Å². The topological polar surface area (TPSA) is 33.7 Å². The smallest absolute Gasteiger partial charge is 0.161 e. The molecule has 1 aromatic carbocycles. The van der Waals surface area contributed by atoms with Gasteiger partial charge in [0.15, 0.2) is 11.5 Å². The minimum absolute atomic E-state index is 0.677. The molecule has 2 heterocycles. The average Bonchev–Trinajstić information content (AvgIpc) is 2.89. The van der Waals surface area contributed by atoms with E-state index in [9.17, 15) is 0 Å². The zero-order valence-corrected chi connectivity index (χ0v) is 12.9. The fourth-order valence-electron chi connectivity index (χ4n) is 3.16. The number of hydrogen-bond acceptors (Lipinski definition) is 4. The highest BCUT2D eigenvalue weighted by Crippen LogP contribution is 2.31. The number of nitrogens with one attached hydrogen (secondary N) is 1. The number of fused-ring (bicyclic) bond motifs is 1. The van der Waals surface area contributed by atoms with Crippen LogP contribution in [0.4, 0.5) is 0 Å². The van der Waals surface area contributed by atoms with E-state index in [0.29, 0.717) is 6.04 Å². The number of benzene rings is 1. The fraction of sp³-hybridized carbons (Fsp3) is 0.647. The Morgan fingerprint density at radius 2 is 1.95 bits per heavy atom. The van der Waals surface area contributed by atoms with Crippen molar-refractivity contribution in [3.05, 3.63) is 23.8 Å². The van der Waals surface area contributed by atoms with E-state index in [1.165, 1.54) is 24.8 Å². The summed E-state index contributed by atoms with van der Waals surface area (Å²) in [4.78, 5) is 2.48. The summed E-state index contributed by atoms with van der Waals surface area (Å²) in [6.45, 7) is 4.77. The molecule has 0 radical (unpaired) electrons. The Morgan fingerprint density at radius 1 is 1.10 bits per heavy atom. The van der Waals surface area contributed by atoms with E-state index >= 15 is 0 Å². The second-order valence-electron chi connectivity index (χ2n) is 6.08. The van der Waals surface area contributed by atoms with Crippen LogP contribution in [0.3, 0.4) is 0 Å². The first-order valence-corrected chi connectivity index (χ1v) is 8.12. The van der Waals surface area contributed by atoms with Gasteiger partial charge in [-0.3, -0.25) is 4.90 Å². The van der Waals surface area contributed by atoms with Gasteiger partial charge >= 0.3 is 0 Å². The molecular weight excluding hydrogens is 264 g/mol. The lowest BCUT2D eigenvalue weighted by Gasteiger charge is -2.27. The van der Waals surface area contributed by atoms with E-state index in [1.807, 2.05) is 0 Å². The summed E-state index contributed by atoms with van der Waals surface area (Å²) >= 11 is 0. The van der Waals surface area contributed by atoms with Crippen LogP contribution in [-0.4, -0.2) is 44.3 Å². The summed E-state index contributed by atoms with van der Waals surface area (Å²) < 4.78 is 11.5. The molecule has 116 valence electrons. The van der Waals surface area contributed by atoms with Gasteiger partial charge < -0.3 is 14.8 Å². The molecule has 1 aromatic rings. The first-order valence-electron chi connectivity index (χ1n) is 8.12. The number of rotatable bonds is 3. The quantitative estimate of drug-likeness (QED) is 0.927. The van der Waals surface area contributed by atoms with Crippen molar-refractivity contribution in [1.29, 1.82) is 0 Å². The predicted molar refractivity (Wildman–Crippen MR) is 84.0 cm³/mol. The van der Waals surface area contributed by atoms with Crippen LogP contribution in [0.1, 0.15) is 31.2 Å². The zero-order chi connectivity index (χ0) is 14.5. The molecule has 2 aliphatic rings. The van der Waals surface area contributed by atoms with Gasteiger partial charge in [-0.05, 0) is 57.1 Å². The fourth-order valence-corrected chi connectivity index (χ4v) is 3.16. The predicted octanol–water partition coefficient (Wildman–Crippen LogP) is 2.42. The highest BCUT2D eigenvalue weighted by atomic mass is 16.5. The van der Waals surface area contributed by atoms with Gasteiger partial charge in [0.05, 0.1) is 13.2 Å². The van der Waals surface area contributed by atoms with E-state index in [0.717, 1.165) is 50.8 Å². The highest BCUT2D eigenvalue weighted by Gasteiger charge is 2.18. The van der Waals surface area contributed by atoms with Crippen molar-refractivity contribution in [2.24, 2.45) is 0 Å². The summed E-state index contributed by atoms with van der Waals surface area (Å²) in [6, 6.07) is 7.04. The van der Waals surface area contributed by atoms with Crippen LogP contribution in [0, 0.1) is 0 Å². The van der Waals surface area contributed by atoms with Crippen LogP contribution in [-0.2, 0) is 6.54 Å². The van der Waals surface area contributed by atoms with Crippen LogP contribution in [0.2, 0.25) is 0 Å². The molecule has 0 aromatic heterocycles. The Hall–Kier alpha value is -1.26. The van der Waals surface area contributed by atoms with Crippen molar-refractivity contribution in [2.75, 3.05) is 33.4 Å². The Labute approximate surface area is 127 Å². The SMILES string of the molecule is CN(Cc1ccc2c(c1)OCCCO2)C1CCCNCC1. The van der Waals surface area contributed by atoms with Crippen molar-refractivity contribution in [1.82, 2.24) is 10.2 Å². The molecule has 0 bridgehead atoms. The summed E-state index contributed by atoms with van der Waals surface area (Å²) in [5.41, 5.74) is 1.30. The van der Waals surface area contributed by atoms with Gasteiger partial charge in [0, 0.05) is 19.0 Å². The maximum Gasteiger partial charge on any atom is 0.161 e. The Kier molecular flexibility index (Phi) is 4.99. The van der Waals surface area contributed by atoms with Gasteiger partial charge in [0.2, 0.25) is 0 Å². The van der Waals surface area contributed by atoms with Crippen LogP contribution >= 0.6 is 0 Å². The number of ether oxygens (including phenoxy) is 2. The molecule has 3 rings (SSSR count). The van der Waals surface area contributed by atoms with Crippen LogP contribution in [0.25, 0.3) is 0 Å². The third kappa shape index (κ3) is 3.89. The van der Waals surface area contributed by atoms with Gasteiger partial charge in [0.25, 0.3) is 0 Å². The normalized spacial score (nSPS) is 22.7. The van der Waals surface area contributed by atoms with Crippen molar-refractivity contribution in [3.63, 3.8) is 0 Å². The lowest BCUT2D eigenvalue weighted by molar-refractivity contribution is 0.216. The van der Waals surface area contributed by atoms with E-state index < -0.39 is 0 Å². The minimum atomic E-state index is 0.677. The molecule has 1 unspecified atom stereocenters. The zero-order valence-electron chi connectivity index (χ0n) is 12.9. The summed E-state index contributed by atoms with van der Waals surface area (Å²) in [6.07, 6.45) is 4.75. The van der Waals surface area contributed by atoms with Crippen molar-refractivity contribution >= 4 is 0 Å². The molecule has 0 amide bonds. The van der Waals surface area contributed by atoms with Gasteiger partial charge in [-0.25, -0.2) is 0 Å². The van der Waals surface area contributed by atoms with Crippen molar-refractivity contribution in [2.45, 2.75) is 38.3 Å². The van der Waals surface area contributed by atoms with E-state index in [2.05, 4.69) is 35.5 Å². The third-order valence-corrected chi connectivity index (χ3v) is 4.41. The van der Waals surface area contributed by atoms with E-state index in [4.69, 9.17) is 9.47 Å². The Morgan fingerprint density at radius 3 is 2.86 bits per heavy atom. The standard InChI is InChI=1S/C17H26N2O2/c1-19(15-4-2-8-18-9-7-15)13-14-5-6-16-17(12-14)21-11-3-10-20-16/h5-6,12,15,18H,2-4,7-11,13H2,1H3. The lowest BCUT2D eigenvalue weighted by Crippen LogP contribution is -2.32. The average molecular weight is 290 g/mol. The second kappa shape index (κ2) is 7.14. The van der Waals surface area contributed by atoms with Gasteiger partial charge in [0.1, 0.15) is 0 Å². The second-order valence-corrected chi connectivity index (χ2v) is 6.08.